The Balaban J connectivity index is 3.23. The molecule has 4 heteroatoms. The molecule has 0 amide bonds. The van der Waals surface area contributed by atoms with Crippen molar-refractivity contribution in [2.24, 2.45) is 0 Å². The lowest BCUT2D eigenvalue weighted by Gasteiger charge is -2.07. The minimum Gasteiger partial charge on any atom is -0.503 e. The fraction of sp³-hybridized carbons (Fsp3) is 0.375. The lowest BCUT2D eigenvalue weighted by molar-refractivity contribution is 0.387. The number of halogens is 1. The van der Waals surface area contributed by atoms with Gasteiger partial charge in [0.25, 0.3) is 5.88 Å². The third kappa shape index (κ3) is 1.61. The van der Waals surface area contributed by atoms with Crippen molar-refractivity contribution < 1.29 is 10.2 Å². The van der Waals surface area contributed by atoms with Crippen LogP contribution < -0.4 is 0 Å². The summed E-state index contributed by atoms with van der Waals surface area (Å²) in [4.78, 5) is 3.57. The third-order valence-corrected chi connectivity index (χ3v) is 1.89. The molecule has 0 saturated heterocycles. The van der Waals surface area contributed by atoms with Gasteiger partial charge in [-0.25, -0.2) is 0 Å². The van der Waals surface area contributed by atoms with E-state index in [2.05, 4.69) is 4.98 Å². The Labute approximate surface area is 75.6 Å². The molecule has 0 bridgehead atoms. The van der Waals surface area contributed by atoms with Gasteiger partial charge in [0.05, 0.1) is 0 Å². The maximum Gasteiger partial charge on any atom is 0.255 e. The molecule has 0 aromatic carbocycles. The topological polar surface area (TPSA) is 53.4 Å². The molecular weight excluding hydrogens is 178 g/mol. The van der Waals surface area contributed by atoms with Gasteiger partial charge in [-0.3, -0.25) is 0 Å². The molecule has 0 spiro atoms. The number of nitrogens with zero attached hydrogens (tertiary/aromatic N) is 1. The van der Waals surface area contributed by atoms with Crippen LogP contribution in [0, 0.1) is 0 Å². The van der Waals surface area contributed by atoms with Crippen LogP contribution in [-0.2, 0) is 0 Å². The number of hydrogen-bond acceptors (Lipinski definition) is 3. The second kappa shape index (κ2) is 3.19. The molecule has 0 aliphatic rings. The van der Waals surface area contributed by atoms with E-state index in [1.54, 1.807) is 0 Å². The van der Waals surface area contributed by atoms with Crippen molar-refractivity contribution in [1.82, 2.24) is 4.98 Å². The van der Waals surface area contributed by atoms with Gasteiger partial charge in [-0.05, 0) is 17.5 Å². The summed E-state index contributed by atoms with van der Waals surface area (Å²) in [7, 11) is 0. The molecule has 12 heavy (non-hydrogen) atoms. The van der Waals surface area contributed by atoms with Gasteiger partial charge in [-0.1, -0.05) is 25.4 Å². The molecule has 0 atom stereocenters. The van der Waals surface area contributed by atoms with Crippen molar-refractivity contribution in [2.45, 2.75) is 19.8 Å². The maximum absolute atomic E-state index is 9.10. The average Bonchev–Trinajstić information content (AvgIpc) is 1.96. The van der Waals surface area contributed by atoms with Crippen molar-refractivity contribution in [3.63, 3.8) is 0 Å². The first-order chi connectivity index (χ1) is 5.52. The Kier molecular flexibility index (Phi) is 2.43. The second-order valence-electron chi connectivity index (χ2n) is 2.87. The van der Waals surface area contributed by atoms with Gasteiger partial charge in [0.2, 0.25) is 0 Å². The van der Waals surface area contributed by atoms with Gasteiger partial charge < -0.3 is 10.2 Å². The number of hydrogen-bond donors (Lipinski definition) is 2. The number of aromatic hydroxyl groups is 2. The molecule has 2 N–H and O–H groups in total. The largest absolute Gasteiger partial charge is 0.503 e. The summed E-state index contributed by atoms with van der Waals surface area (Å²) in [5.74, 6) is -0.482. The van der Waals surface area contributed by atoms with Crippen LogP contribution in [0.5, 0.6) is 11.6 Å². The maximum atomic E-state index is 9.10. The van der Waals surface area contributed by atoms with E-state index in [1.165, 1.54) is 6.07 Å². The standard InChI is InChI=1S/C8H10ClNO2/c1-4(2)5-3-6(11)8(12)10-7(5)9/h3-4,11H,1-2H3,(H,10,12). The highest BCUT2D eigenvalue weighted by Crippen LogP contribution is 2.31. The lowest BCUT2D eigenvalue weighted by atomic mass is 10.1. The quantitative estimate of drug-likeness (QED) is 0.664. The van der Waals surface area contributed by atoms with Crippen molar-refractivity contribution >= 4 is 11.6 Å². The zero-order chi connectivity index (χ0) is 9.30. The van der Waals surface area contributed by atoms with Gasteiger partial charge in [0.15, 0.2) is 5.75 Å². The van der Waals surface area contributed by atoms with Gasteiger partial charge in [-0.15, -0.1) is 0 Å². The van der Waals surface area contributed by atoms with Gasteiger partial charge in [0.1, 0.15) is 5.15 Å². The highest BCUT2D eigenvalue weighted by atomic mass is 35.5. The number of rotatable bonds is 1. The summed E-state index contributed by atoms with van der Waals surface area (Å²) in [6, 6.07) is 1.43. The zero-order valence-corrected chi connectivity index (χ0v) is 7.63. The molecule has 0 saturated carbocycles. The second-order valence-corrected chi connectivity index (χ2v) is 3.22. The van der Waals surface area contributed by atoms with E-state index in [-0.39, 0.29) is 16.8 Å². The van der Waals surface area contributed by atoms with E-state index in [9.17, 15) is 0 Å². The van der Waals surface area contributed by atoms with Crippen LogP contribution in [-0.4, -0.2) is 15.2 Å². The van der Waals surface area contributed by atoms with E-state index in [4.69, 9.17) is 21.8 Å². The molecule has 1 heterocycles. The summed E-state index contributed by atoms with van der Waals surface area (Å²) in [5, 5.41) is 18.3. The monoisotopic (exact) mass is 187 g/mol. The van der Waals surface area contributed by atoms with E-state index < -0.39 is 5.88 Å². The first-order valence-electron chi connectivity index (χ1n) is 3.60. The minimum atomic E-state index is -0.426. The first-order valence-corrected chi connectivity index (χ1v) is 3.98. The molecule has 3 nitrogen and oxygen atoms in total. The Hall–Kier alpha value is -0.960. The molecule has 0 unspecified atom stereocenters. The first kappa shape index (κ1) is 9.13. The Morgan fingerprint density at radius 2 is 2.00 bits per heavy atom. The number of pyridine rings is 1. The Morgan fingerprint density at radius 1 is 1.42 bits per heavy atom. The molecule has 0 aliphatic carbocycles. The van der Waals surface area contributed by atoms with Crippen LogP contribution in [0.15, 0.2) is 6.07 Å². The van der Waals surface area contributed by atoms with Crippen LogP contribution in [0.1, 0.15) is 25.3 Å². The summed E-state index contributed by atoms with van der Waals surface area (Å²) < 4.78 is 0. The summed E-state index contributed by atoms with van der Waals surface area (Å²) >= 11 is 5.71. The summed E-state index contributed by atoms with van der Waals surface area (Å²) in [5.41, 5.74) is 0.729. The molecule has 66 valence electrons. The Bertz CT molecular complexity index is 299. The van der Waals surface area contributed by atoms with Crippen molar-refractivity contribution in [2.75, 3.05) is 0 Å². The predicted molar refractivity (Wildman–Crippen MR) is 46.7 cm³/mol. The smallest absolute Gasteiger partial charge is 0.255 e. The third-order valence-electron chi connectivity index (χ3n) is 1.59. The van der Waals surface area contributed by atoms with E-state index in [1.807, 2.05) is 13.8 Å². The summed E-state index contributed by atoms with van der Waals surface area (Å²) in [6.07, 6.45) is 0. The molecular formula is C8H10ClNO2. The average molecular weight is 188 g/mol. The van der Waals surface area contributed by atoms with Gasteiger partial charge in [-0.2, -0.15) is 4.98 Å². The molecule has 1 aromatic heterocycles. The lowest BCUT2D eigenvalue weighted by Crippen LogP contribution is -1.91. The van der Waals surface area contributed by atoms with Crippen LogP contribution in [0.4, 0.5) is 0 Å². The zero-order valence-electron chi connectivity index (χ0n) is 6.87. The highest BCUT2D eigenvalue weighted by Gasteiger charge is 2.10. The van der Waals surface area contributed by atoms with Crippen LogP contribution >= 0.6 is 11.6 Å². The van der Waals surface area contributed by atoms with Crippen molar-refractivity contribution in [3.8, 4) is 11.6 Å². The normalized spacial score (nSPS) is 10.7. The fourth-order valence-electron chi connectivity index (χ4n) is 0.891. The van der Waals surface area contributed by atoms with E-state index in [0.29, 0.717) is 0 Å². The fourth-order valence-corrected chi connectivity index (χ4v) is 1.24. The van der Waals surface area contributed by atoms with Crippen molar-refractivity contribution in [3.05, 3.63) is 16.8 Å². The summed E-state index contributed by atoms with van der Waals surface area (Å²) in [6.45, 7) is 3.86. The molecule has 1 rings (SSSR count). The van der Waals surface area contributed by atoms with Crippen molar-refractivity contribution in [1.29, 1.82) is 0 Å². The number of aromatic nitrogens is 1. The van der Waals surface area contributed by atoms with Gasteiger partial charge >= 0.3 is 0 Å². The van der Waals surface area contributed by atoms with Crippen LogP contribution in [0.25, 0.3) is 0 Å². The predicted octanol–water partition coefficient (Wildman–Crippen LogP) is 2.27. The molecule has 0 aliphatic heterocycles. The minimum absolute atomic E-state index is 0.177. The van der Waals surface area contributed by atoms with Gasteiger partial charge in [0, 0.05) is 0 Å². The Morgan fingerprint density at radius 3 is 2.50 bits per heavy atom. The molecule has 1 aromatic rings. The molecule has 0 radical (unpaired) electrons. The molecule has 0 fully saturated rings. The highest BCUT2D eigenvalue weighted by molar-refractivity contribution is 6.30. The van der Waals surface area contributed by atoms with E-state index in [0.717, 1.165) is 5.56 Å². The van der Waals surface area contributed by atoms with E-state index >= 15 is 0 Å². The van der Waals surface area contributed by atoms with Crippen LogP contribution in [0.3, 0.4) is 0 Å². The SMILES string of the molecule is CC(C)c1cc(O)c(O)nc1Cl. The van der Waals surface area contributed by atoms with Crippen LogP contribution in [0.2, 0.25) is 5.15 Å².